The second-order valence-corrected chi connectivity index (χ2v) is 8.56. The van der Waals surface area contributed by atoms with Crippen molar-refractivity contribution in [1.82, 2.24) is 9.97 Å². The van der Waals surface area contributed by atoms with Gasteiger partial charge in [0.05, 0.1) is 39.2 Å². The van der Waals surface area contributed by atoms with Gasteiger partial charge in [0.2, 0.25) is 0 Å². The zero-order valence-electron chi connectivity index (χ0n) is 18.7. The van der Waals surface area contributed by atoms with E-state index in [-0.39, 0.29) is 5.56 Å². The Morgan fingerprint density at radius 1 is 0.861 bits per heavy atom. The zero-order valence-corrected chi connectivity index (χ0v) is 20.2. The third-order valence-corrected chi connectivity index (χ3v) is 5.99. The number of esters is 1. The molecule has 5 aromatic rings. The molecule has 8 nitrogen and oxygen atoms in total. The number of carbonyl (C=O) groups excluding carboxylic acids is 2. The van der Waals surface area contributed by atoms with Crippen molar-refractivity contribution in [3.63, 3.8) is 0 Å². The fourth-order valence-electron chi connectivity index (χ4n) is 3.45. The smallest absolute Gasteiger partial charge is 0.338 e. The summed E-state index contributed by atoms with van der Waals surface area (Å²) in [4.78, 5) is 34.7. The Bertz CT molecular complexity index is 1570. The molecule has 0 aliphatic rings. The van der Waals surface area contributed by atoms with E-state index in [1.165, 1.54) is 19.3 Å². The monoisotopic (exact) mass is 521 g/mol. The molecule has 1 amide bonds. The molecule has 10 heteroatoms. The van der Waals surface area contributed by atoms with Gasteiger partial charge in [0, 0.05) is 5.69 Å². The van der Waals surface area contributed by atoms with Crippen LogP contribution in [0.3, 0.4) is 0 Å². The van der Waals surface area contributed by atoms with Crippen LogP contribution in [0.2, 0.25) is 10.0 Å². The Labute approximate surface area is 214 Å². The molecule has 0 radical (unpaired) electrons. The van der Waals surface area contributed by atoms with Gasteiger partial charge in [-0.2, -0.15) is 0 Å². The highest BCUT2D eigenvalue weighted by molar-refractivity contribution is 6.42. The molecule has 1 atom stereocenters. The number of rotatable bonds is 6. The van der Waals surface area contributed by atoms with Crippen LogP contribution < -0.4 is 5.32 Å². The molecule has 0 saturated heterocycles. The van der Waals surface area contributed by atoms with Gasteiger partial charge < -0.3 is 18.9 Å². The lowest BCUT2D eigenvalue weighted by Gasteiger charge is -2.14. The maximum Gasteiger partial charge on any atom is 0.338 e. The molecule has 0 bridgehead atoms. The van der Waals surface area contributed by atoms with Gasteiger partial charge in [-0.05, 0) is 67.6 Å². The average molecular weight is 522 g/mol. The first-order valence-electron chi connectivity index (χ1n) is 10.8. The summed E-state index contributed by atoms with van der Waals surface area (Å²) in [6, 6.07) is 16.4. The molecule has 0 spiro atoms. The maximum atomic E-state index is 12.8. The van der Waals surface area contributed by atoms with Crippen LogP contribution in [0, 0.1) is 0 Å². The first-order valence-corrected chi connectivity index (χ1v) is 11.5. The van der Waals surface area contributed by atoms with E-state index in [9.17, 15) is 9.59 Å². The molecule has 3 aromatic heterocycles. The largest absolute Gasteiger partial charge is 0.463 e. The average Bonchev–Trinajstić information content (AvgIpc) is 3.60. The molecular weight excluding hydrogens is 505 g/mol. The molecule has 0 aliphatic carbocycles. The van der Waals surface area contributed by atoms with Gasteiger partial charge in [-0.1, -0.05) is 23.2 Å². The molecule has 3 heterocycles. The van der Waals surface area contributed by atoms with E-state index in [1.54, 1.807) is 60.9 Å². The number of hydrogen-bond donors (Lipinski definition) is 1. The number of furan rings is 2. The number of anilines is 1. The predicted octanol–water partition coefficient (Wildman–Crippen LogP) is 6.64. The van der Waals surface area contributed by atoms with Crippen LogP contribution in [-0.4, -0.2) is 27.9 Å². The normalized spacial score (nSPS) is 11.9. The summed E-state index contributed by atoms with van der Waals surface area (Å²) >= 11 is 11.9. The number of ether oxygens (including phenoxy) is 1. The minimum absolute atomic E-state index is 0.210. The van der Waals surface area contributed by atoms with E-state index in [0.29, 0.717) is 49.7 Å². The number of aromatic nitrogens is 2. The van der Waals surface area contributed by atoms with Crippen LogP contribution in [0.5, 0.6) is 0 Å². The van der Waals surface area contributed by atoms with Crippen molar-refractivity contribution in [2.75, 3.05) is 5.32 Å². The Hall–Kier alpha value is -4.14. The second kappa shape index (κ2) is 9.85. The van der Waals surface area contributed by atoms with Crippen molar-refractivity contribution in [3.05, 3.63) is 88.8 Å². The van der Waals surface area contributed by atoms with Crippen molar-refractivity contribution >= 4 is 51.8 Å². The van der Waals surface area contributed by atoms with Crippen LogP contribution in [0.15, 0.2) is 82.0 Å². The van der Waals surface area contributed by atoms with Gasteiger partial charge in [-0.15, -0.1) is 0 Å². The van der Waals surface area contributed by atoms with Crippen LogP contribution in [-0.2, 0) is 9.53 Å². The number of fused-ring (bicyclic) bond motifs is 1. The number of benzene rings is 2. The van der Waals surface area contributed by atoms with Gasteiger partial charge in [0.1, 0.15) is 11.4 Å². The van der Waals surface area contributed by atoms with Crippen molar-refractivity contribution in [2.24, 2.45) is 0 Å². The van der Waals surface area contributed by atoms with E-state index in [1.807, 2.05) is 0 Å². The Balaban J connectivity index is 1.38. The van der Waals surface area contributed by atoms with E-state index in [0.717, 1.165) is 0 Å². The topological polar surface area (TPSA) is 107 Å². The van der Waals surface area contributed by atoms with Gasteiger partial charge in [0.15, 0.2) is 17.6 Å². The quantitative estimate of drug-likeness (QED) is 0.249. The standard InChI is InChI=1S/C26H17Cl2N3O5/c1-14(25(32)29-16-7-8-17(27)18(28)13-16)36-26(33)15-6-9-19-20(12-15)31-24(22-5-3-11-35-22)23(30-19)21-4-2-10-34-21/h2-14H,1H3,(H,29,32). The number of amides is 1. The summed E-state index contributed by atoms with van der Waals surface area (Å²) in [5.41, 5.74) is 2.59. The molecular formula is C26H17Cl2N3O5. The summed E-state index contributed by atoms with van der Waals surface area (Å²) in [5.74, 6) is -0.187. The summed E-state index contributed by atoms with van der Waals surface area (Å²) < 4.78 is 16.4. The molecule has 1 N–H and O–H groups in total. The number of nitrogens with one attached hydrogen (secondary N) is 1. The van der Waals surface area contributed by atoms with Crippen molar-refractivity contribution in [2.45, 2.75) is 13.0 Å². The minimum Gasteiger partial charge on any atom is -0.463 e. The third-order valence-electron chi connectivity index (χ3n) is 5.25. The van der Waals surface area contributed by atoms with Gasteiger partial charge in [-0.3, -0.25) is 4.79 Å². The Morgan fingerprint density at radius 2 is 1.53 bits per heavy atom. The summed E-state index contributed by atoms with van der Waals surface area (Å²) in [6.45, 7) is 1.47. The first-order chi connectivity index (χ1) is 17.4. The lowest BCUT2D eigenvalue weighted by atomic mass is 10.1. The molecule has 0 aliphatic heterocycles. The van der Waals surface area contributed by atoms with E-state index < -0.39 is 18.0 Å². The molecule has 2 aromatic carbocycles. The minimum atomic E-state index is -1.08. The fourth-order valence-corrected chi connectivity index (χ4v) is 3.75. The lowest BCUT2D eigenvalue weighted by molar-refractivity contribution is -0.123. The SMILES string of the molecule is CC(OC(=O)c1ccc2nc(-c3ccco3)c(-c3ccco3)nc2c1)C(=O)Nc1ccc(Cl)c(Cl)c1. The van der Waals surface area contributed by atoms with E-state index in [4.69, 9.17) is 36.8 Å². The van der Waals surface area contributed by atoms with Crippen molar-refractivity contribution in [1.29, 1.82) is 0 Å². The number of halogens is 2. The maximum absolute atomic E-state index is 12.8. The fraction of sp³-hybridized carbons (Fsp3) is 0.0769. The number of carbonyl (C=O) groups is 2. The predicted molar refractivity (Wildman–Crippen MR) is 135 cm³/mol. The zero-order chi connectivity index (χ0) is 25.2. The van der Waals surface area contributed by atoms with E-state index in [2.05, 4.69) is 15.3 Å². The second-order valence-electron chi connectivity index (χ2n) is 7.74. The van der Waals surface area contributed by atoms with E-state index >= 15 is 0 Å². The van der Waals surface area contributed by atoms with Crippen LogP contribution in [0.25, 0.3) is 33.9 Å². The Morgan fingerprint density at radius 3 is 2.14 bits per heavy atom. The number of nitrogens with zero attached hydrogens (tertiary/aromatic N) is 2. The lowest BCUT2D eigenvalue weighted by Crippen LogP contribution is -2.30. The highest BCUT2D eigenvalue weighted by Crippen LogP contribution is 2.32. The summed E-state index contributed by atoms with van der Waals surface area (Å²) in [6.07, 6.45) is 2.00. The molecule has 0 fully saturated rings. The molecule has 5 rings (SSSR count). The van der Waals surface area contributed by atoms with Crippen LogP contribution in [0.4, 0.5) is 5.69 Å². The first kappa shape index (κ1) is 23.6. The third kappa shape index (κ3) is 4.82. The molecule has 36 heavy (non-hydrogen) atoms. The highest BCUT2D eigenvalue weighted by atomic mass is 35.5. The van der Waals surface area contributed by atoms with Gasteiger partial charge in [-0.25, -0.2) is 14.8 Å². The van der Waals surface area contributed by atoms with Crippen LogP contribution in [0.1, 0.15) is 17.3 Å². The van der Waals surface area contributed by atoms with Crippen LogP contribution >= 0.6 is 23.2 Å². The molecule has 0 saturated carbocycles. The van der Waals surface area contributed by atoms with Crippen molar-refractivity contribution < 1.29 is 23.2 Å². The Kier molecular flexibility index (Phi) is 6.45. The van der Waals surface area contributed by atoms with Gasteiger partial charge >= 0.3 is 5.97 Å². The molecule has 1 unspecified atom stereocenters. The van der Waals surface area contributed by atoms with Crippen molar-refractivity contribution in [3.8, 4) is 22.9 Å². The summed E-state index contributed by atoms with van der Waals surface area (Å²) in [7, 11) is 0. The highest BCUT2D eigenvalue weighted by Gasteiger charge is 2.21. The number of hydrogen-bond acceptors (Lipinski definition) is 7. The summed E-state index contributed by atoms with van der Waals surface area (Å²) in [5, 5.41) is 3.29. The van der Waals surface area contributed by atoms with Gasteiger partial charge in [0.25, 0.3) is 5.91 Å². The molecule has 180 valence electrons.